The van der Waals surface area contributed by atoms with Crippen molar-refractivity contribution in [2.24, 2.45) is 0 Å². The molecule has 0 atom stereocenters. The Balaban J connectivity index is 2.72. The minimum absolute atomic E-state index is 0.189. The molecule has 0 aliphatic heterocycles. The average Bonchev–Trinajstić information content (AvgIpc) is 2.26. The second-order valence-electron chi connectivity index (χ2n) is 3.83. The Hall–Kier alpha value is -1.38. The van der Waals surface area contributed by atoms with Crippen LogP contribution in [-0.4, -0.2) is 21.8 Å². The van der Waals surface area contributed by atoms with Crippen molar-refractivity contribution in [1.29, 1.82) is 0 Å². The van der Waals surface area contributed by atoms with Crippen molar-refractivity contribution in [1.82, 2.24) is 9.88 Å². The van der Waals surface area contributed by atoms with E-state index in [0.29, 0.717) is 13.0 Å². The molecule has 1 rings (SSSR count). The van der Waals surface area contributed by atoms with Crippen molar-refractivity contribution in [3.8, 4) is 0 Å². The molecule has 0 radical (unpaired) electrons. The fourth-order valence-electron chi connectivity index (χ4n) is 1.45. The van der Waals surface area contributed by atoms with Crippen LogP contribution in [0.2, 0.25) is 0 Å². The fourth-order valence-corrected chi connectivity index (χ4v) is 1.45. The van der Waals surface area contributed by atoms with Crippen molar-refractivity contribution in [2.45, 2.75) is 39.8 Å². The third kappa shape index (κ3) is 3.35. The van der Waals surface area contributed by atoms with Gasteiger partial charge in [0.1, 0.15) is 0 Å². The van der Waals surface area contributed by atoms with E-state index < -0.39 is 0 Å². The number of nitrogens with zero attached hydrogens (tertiary/aromatic N) is 2. The molecule has 3 nitrogen and oxygen atoms in total. The van der Waals surface area contributed by atoms with Crippen LogP contribution in [0.4, 0.5) is 0 Å². The maximum absolute atomic E-state index is 11.7. The van der Waals surface area contributed by atoms with Crippen molar-refractivity contribution >= 4 is 5.91 Å². The third-order valence-corrected chi connectivity index (χ3v) is 2.32. The van der Waals surface area contributed by atoms with E-state index in [4.69, 9.17) is 0 Å². The average molecular weight is 206 g/mol. The lowest BCUT2D eigenvalue weighted by Gasteiger charge is -2.26. The molecule has 0 unspecified atom stereocenters. The highest BCUT2D eigenvalue weighted by atomic mass is 16.2. The molecule has 1 aromatic heterocycles. The maximum Gasteiger partial charge on any atom is 0.222 e. The molecule has 0 fully saturated rings. The highest BCUT2D eigenvalue weighted by molar-refractivity contribution is 5.76. The lowest BCUT2D eigenvalue weighted by molar-refractivity contribution is -0.133. The van der Waals surface area contributed by atoms with Gasteiger partial charge >= 0.3 is 0 Å². The molecule has 0 N–H and O–H groups in total. The molecule has 1 heterocycles. The van der Waals surface area contributed by atoms with E-state index in [1.165, 1.54) is 0 Å². The Morgan fingerprint density at radius 1 is 1.53 bits per heavy atom. The summed E-state index contributed by atoms with van der Waals surface area (Å²) in [5.41, 5.74) is 1.08. The number of rotatable bonds is 4. The highest BCUT2D eigenvalue weighted by Crippen LogP contribution is 2.08. The van der Waals surface area contributed by atoms with Crippen molar-refractivity contribution in [3.63, 3.8) is 0 Å². The van der Waals surface area contributed by atoms with Crippen LogP contribution in [0.1, 0.15) is 32.8 Å². The standard InChI is InChI=1S/C12H18N2O/c1-4-12(15)14(10(2)3)9-11-6-5-7-13-8-11/h5-8,10H,4,9H2,1-3H3. The monoisotopic (exact) mass is 206 g/mol. The quantitative estimate of drug-likeness (QED) is 0.757. The largest absolute Gasteiger partial charge is 0.336 e. The number of carbonyl (C=O) groups is 1. The number of aromatic nitrogens is 1. The predicted molar refractivity (Wildman–Crippen MR) is 60.2 cm³/mol. The van der Waals surface area contributed by atoms with Gasteiger partial charge in [-0.25, -0.2) is 0 Å². The molecule has 0 bridgehead atoms. The summed E-state index contributed by atoms with van der Waals surface area (Å²) in [6.07, 6.45) is 4.10. The van der Waals surface area contributed by atoms with Crippen LogP contribution in [0.15, 0.2) is 24.5 Å². The molecular weight excluding hydrogens is 188 g/mol. The van der Waals surface area contributed by atoms with E-state index in [0.717, 1.165) is 5.56 Å². The molecule has 0 aromatic carbocycles. The molecule has 0 saturated carbocycles. The van der Waals surface area contributed by atoms with Gasteiger partial charge in [0.05, 0.1) is 0 Å². The summed E-state index contributed by atoms with van der Waals surface area (Å²) in [7, 11) is 0. The first-order valence-electron chi connectivity index (χ1n) is 5.33. The van der Waals surface area contributed by atoms with Gasteiger partial charge in [-0.2, -0.15) is 0 Å². The van der Waals surface area contributed by atoms with Crippen molar-refractivity contribution in [3.05, 3.63) is 30.1 Å². The Morgan fingerprint density at radius 3 is 2.73 bits per heavy atom. The first-order chi connectivity index (χ1) is 7.15. The Morgan fingerprint density at radius 2 is 2.27 bits per heavy atom. The van der Waals surface area contributed by atoms with Crippen LogP contribution in [0.3, 0.4) is 0 Å². The topological polar surface area (TPSA) is 33.2 Å². The molecule has 0 aliphatic carbocycles. The number of amides is 1. The van der Waals surface area contributed by atoms with E-state index in [1.807, 2.05) is 37.8 Å². The van der Waals surface area contributed by atoms with Gasteiger partial charge in [-0.15, -0.1) is 0 Å². The second-order valence-corrected chi connectivity index (χ2v) is 3.83. The minimum atomic E-state index is 0.189. The van der Waals surface area contributed by atoms with Crippen LogP contribution in [-0.2, 0) is 11.3 Å². The zero-order valence-corrected chi connectivity index (χ0v) is 9.60. The Bertz CT molecular complexity index is 309. The smallest absolute Gasteiger partial charge is 0.222 e. The normalized spacial score (nSPS) is 10.4. The van der Waals surface area contributed by atoms with Crippen LogP contribution in [0.25, 0.3) is 0 Å². The maximum atomic E-state index is 11.7. The summed E-state index contributed by atoms with van der Waals surface area (Å²) in [5.74, 6) is 0.189. The second kappa shape index (κ2) is 5.49. The molecule has 82 valence electrons. The Kier molecular flexibility index (Phi) is 4.28. The van der Waals surface area contributed by atoms with Gasteiger partial charge in [0.15, 0.2) is 0 Å². The van der Waals surface area contributed by atoms with Crippen LogP contribution >= 0.6 is 0 Å². The van der Waals surface area contributed by atoms with Crippen LogP contribution in [0, 0.1) is 0 Å². The summed E-state index contributed by atoms with van der Waals surface area (Å²) in [4.78, 5) is 17.6. The first-order valence-corrected chi connectivity index (χ1v) is 5.33. The predicted octanol–water partition coefficient (Wildman–Crippen LogP) is 2.23. The highest BCUT2D eigenvalue weighted by Gasteiger charge is 2.14. The number of carbonyl (C=O) groups excluding carboxylic acids is 1. The van der Waals surface area contributed by atoms with Crippen molar-refractivity contribution in [2.75, 3.05) is 0 Å². The van der Waals surface area contributed by atoms with Crippen LogP contribution < -0.4 is 0 Å². The van der Waals surface area contributed by atoms with Gasteiger partial charge in [0.25, 0.3) is 0 Å². The minimum Gasteiger partial charge on any atom is -0.336 e. The molecule has 0 saturated heterocycles. The van der Waals surface area contributed by atoms with E-state index in [-0.39, 0.29) is 11.9 Å². The van der Waals surface area contributed by atoms with Gasteiger partial charge in [0.2, 0.25) is 5.91 Å². The van der Waals surface area contributed by atoms with E-state index >= 15 is 0 Å². The van der Waals surface area contributed by atoms with Gasteiger partial charge < -0.3 is 4.90 Å². The number of hydrogen-bond donors (Lipinski definition) is 0. The molecular formula is C12H18N2O. The van der Waals surface area contributed by atoms with Crippen LogP contribution in [0.5, 0.6) is 0 Å². The van der Waals surface area contributed by atoms with Gasteiger partial charge in [-0.1, -0.05) is 13.0 Å². The SMILES string of the molecule is CCC(=O)N(Cc1cccnc1)C(C)C. The summed E-state index contributed by atoms with van der Waals surface area (Å²) in [6, 6.07) is 4.12. The molecule has 0 spiro atoms. The van der Waals surface area contributed by atoms with E-state index in [2.05, 4.69) is 4.98 Å². The van der Waals surface area contributed by atoms with Gasteiger partial charge in [0, 0.05) is 31.4 Å². The third-order valence-electron chi connectivity index (χ3n) is 2.32. The molecule has 1 aromatic rings. The molecule has 1 amide bonds. The van der Waals surface area contributed by atoms with Gasteiger partial charge in [-0.05, 0) is 25.5 Å². The lowest BCUT2D eigenvalue weighted by atomic mass is 10.2. The lowest BCUT2D eigenvalue weighted by Crippen LogP contribution is -2.35. The zero-order valence-electron chi connectivity index (χ0n) is 9.60. The summed E-state index contributed by atoms with van der Waals surface area (Å²) >= 11 is 0. The van der Waals surface area contributed by atoms with Crippen molar-refractivity contribution < 1.29 is 4.79 Å². The number of pyridine rings is 1. The number of hydrogen-bond acceptors (Lipinski definition) is 2. The first kappa shape index (κ1) is 11.7. The zero-order chi connectivity index (χ0) is 11.3. The van der Waals surface area contributed by atoms with E-state index in [1.54, 1.807) is 12.4 Å². The molecule has 3 heteroatoms. The summed E-state index contributed by atoms with van der Waals surface area (Å²) in [5, 5.41) is 0. The molecule has 15 heavy (non-hydrogen) atoms. The fraction of sp³-hybridized carbons (Fsp3) is 0.500. The molecule has 0 aliphatic rings. The van der Waals surface area contributed by atoms with E-state index in [9.17, 15) is 4.79 Å². The Labute approximate surface area is 91.1 Å². The summed E-state index contributed by atoms with van der Waals surface area (Å²) < 4.78 is 0. The van der Waals surface area contributed by atoms with Gasteiger partial charge in [-0.3, -0.25) is 9.78 Å². The summed E-state index contributed by atoms with van der Waals surface area (Å²) in [6.45, 7) is 6.60.